The van der Waals surface area contributed by atoms with E-state index in [0.717, 1.165) is 17.2 Å². The van der Waals surface area contributed by atoms with Crippen molar-refractivity contribution in [2.45, 2.75) is 17.9 Å². The third kappa shape index (κ3) is 5.32. The Hall–Kier alpha value is -3.69. The van der Waals surface area contributed by atoms with Crippen molar-refractivity contribution < 1.29 is 27.5 Å². The number of amides is 1. The highest BCUT2D eigenvalue weighted by molar-refractivity contribution is 7.89. The van der Waals surface area contributed by atoms with Crippen molar-refractivity contribution in [3.63, 3.8) is 0 Å². The van der Waals surface area contributed by atoms with Gasteiger partial charge in [0.15, 0.2) is 6.10 Å². The standard InChI is InChI=1S/C23H22N2O6S/c1-15(31-23(27)17-12-13-20(30-2)21(14-17)32(24,28)29)22(26)25-19-11-7-6-10-18(19)16-8-4-3-5-9-16/h3-15H,1-2H3,(H,25,26)(H2,24,28,29). The van der Waals surface area contributed by atoms with Gasteiger partial charge in [-0.3, -0.25) is 4.79 Å². The molecule has 8 nitrogen and oxygen atoms in total. The highest BCUT2D eigenvalue weighted by Crippen LogP contribution is 2.28. The van der Waals surface area contributed by atoms with E-state index in [2.05, 4.69) is 5.32 Å². The van der Waals surface area contributed by atoms with Crippen molar-refractivity contribution in [3.8, 4) is 16.9 Å². The SMILES string of the molecule is COc1ccc(C(=O)OC(C)C(=O)Nc2ccccc2-c2ccccc2)cc1S(N)(=O)=O. The zero-order valence-corrected chi connectivity index (χ0v) is 18.3. The van der Waals surface area contributed by atoms with E-state index in [4.69, 9.17) is 14.6 Å². The summed E-state index contributed by atoms with van der Waals surface area (Å²) in [5, 5.41) is 7.94. The van der Waals surface area contributed by atoms with Gasteiger partial charge in [0, 0.05) is 11.3 Å². The summed E-state index contributed by atoms with van der Waals surface area (Å²) in [6.45, 7) is 1.42. The van der Waals surface area contributed by atoms with Crippen LogP contribution in [-0.2, 0) is 19.6 Å². The monoisotopic (exact) mass is 454 g/mol. The van der Waals surface area contributed by atoms with Crippen LogP contribution in [-0.4, -0.2) is 33.5 Å². The number of methoxy groups -OCH3 is 1. The predicted octanol–water partition coefficient (Wildman–Crippen LogP) is 3.19. The van der Waals surface area contributed by atoms with E-state index in [1.54, 1.807) is 12.1 Å². The zero-order chi connectivity index (χ0) is 23.3. The van der Waals surface area contributed by atoms with Crippen molar-refractivity contribution in [1.82, 2.24) is 0 Å². The van der Waals surface area contributed by atoms with Crippen LogP contribution in [0.4, 0.5) is 5.69 Å². The fourth-order valence-electron chi connectivity index (χ4n) is 3.00. The van der Waals surface area contributed by atoms with E-state index in [9.17, 15) is 18.0 Å². The van der Waals surface area contributed by atoms with Crippen LogP contribution in [0.1, 0.15) is 17.3 Å². The number of para-hydroxylation sites is 1. The lowest BCUT2D eigenvalue weighted by atomic mass is 10.0. The fraction of sp³-hybridized carbons (Fsp3) is 0.130. The van der Waals surface area contributed by atoms with E-state index < -0.39 is 28.0 Å². The van der Waals surface area contributed by atoms with Crippen LogP contribution in [0.5, 0.6) is 5.75 Å². The van der Waals surface area contributed by atoms with E-state index >= 15 is 0 Å². The Labute approximate surface area is 186 Å². The first-order valence-corrected chi connectivity index (χ1v) is 11.1. The molecule has 0 aliphatic carbocycles. The summed E-state index contributed by atoms with van der Waals surface area (Å²) >= 11 is 0. The smallest absolute Gasteiger partial charge is 0.338 e. The Morgan fingerprint density at radius 2 is 1.62 bits per heavy atom. The molecule has 3 aromatic rings. The molecule has 32 heavy (non-hydrogen) atoms. The average molecular weight is 455 g/mol. The Bertz CT molecular complexity index is 1240. The second-order valence-electron chi connectivity index (χ2n) is 6.86. The van der Waals surface area contributed by atoms with Crippen LogP contribution in [0.3, 0.4) is 0 Å². The van der Waals surface area contributed by atoms with Crippen LogP contribution in [0.25, 0.3) is 11.1 Å². The Morgan fingerprint density at radius 1 is 0.969 bits per heavy atom. The minimum absolute atomic E-state index is 0.00707. The zero-order valence-electron chi connectivity index (χ0n) is 17.4. The molecule has 3 rings (SSSR count). The summed E-state index contributed by atoms with van der Waals surface area (Å²) in [4.78, 5) is 24.8. The molecule has 0 aromatic heterocycles. The average Bonchev–Trinajstić information content (AvgIpc) is 2.78. The molecule has 1 amide bonds. The molecule has 1 atom stereocenters. The third-order valence-corrected chi connectivity index (χ3v) is 5.56. The topological polar surface area (TPSA) is 125 Å². The number of primary sulfonamides is 1. The van der Waals surface area contributed by atoms with Gasteiger partial charge < -0.3 is 14.8 Å². The molecule has 0 saturated carbocycles. The Balaban J connectivity index is 1.76. The van der Waals surface area contributed by atoms with Gasteiger partial charge in [-0.05, 0) is 36.8 Å². The molecule has 9 heteroatoms. The first kappa shape index (κ1) is 23.0. The molecule has 1 unspecified atom stereocenters. The van der Waals surface area contributed by atoms with Crippen molar-refractivity contribution in [2.75, 3.05) is 12.4 Å². The van der Waals surface area contributed by atoms with Gasteiger partial charge in [-0.2, -0.15) is 0 Å². The van der Waals surface area contributed by atoms with Crippen molar-refractivity contribution in [3.05, 3.63) is 78.4 Å². The van der Waals surface area contributed by atoms with Gasteiger partial charge in [-0.15, -0.1) is 0 Å². The van der Waals surface area contributed by atoms with Gasteiger partial charge in [0.05, 0.1) is 12.7 Å². The maximum Gasteiger partial charge on any atom is 0.338 e. The van der Waals surface area contributed by atoms with Gasteiger partial charge in [0.2, 0.25) is 10.0 Å². The molecule has 3 aromatic carbocycles. The number of carbonyl (C=O) groups is 2. The Kier molecular flexibility index (Phi) is 6.92. The third-order valence-electron chi connectivity index (χ3n) is 4.63. The molecule has 0 heterocycles. The summed E-state index contributed by atoms with van der Waals surface area (Å²) in [7, 11) is -2.85. The van der Waals surface area contributed by atoms with Crippen LogP contribution < -0.4 is 15.2 Å². The number of hydrogen-bond donors (Lipinski definition) is 2. The summed E-state index contributed by atoms with van der Waals surface area (Å²) in [6, 6.07) is 20.4. The number of nitrogens with two attached hydrogens (primary N) is 1. The van der Waals surface area contributed by atoms with Crippen molar-refractivity contribution >= 4 is 27.6 Å². The second kappa shape index (κ2) is 9.63. The Morgan fingerprint density at radius 3 is 2.28 bits per heavy atom. The van der Waals surface area contributed by atoms with E-state index in [1.165, 1.54) is 26.2 Å². The number of anilines is 1. The molecule has 0 saturated heterocycles. The maximum atomic E-state index is 12.7. The first-order valence-electron chi connectivity index (χ1n) is 9.58. The highest BCUT2D eigenvalue weighted by atomic mass is 32.2. The molecule has 0 spiro atoms. The molecular formula is C23H22N2O6S. The van der Waals surface area contributed by atoms with Crippen LogP contribution in [0.15, 0.2) is 77.7 Å². The summed E-state index contributed by atoms with van der Waals surface area (Å²) in [5.41, 5.74) is 2.21. The normalized spacial score (nSPS) is 12.0. The summed E-state index contributed by atoms with van der Waals surface area (Å²) < 4.78 is 33.7. The summed E-state index contributed by atoms with van der Waals surface area (Å²) in [5.74, 6) is -1.43. The molecule has 3 N–H and O–H groups in total. The number of rotatable bonds is 7. The molecule has 0 fully saturated rings. The molecule has 0 aliphatic rings. The number of hydrogen-bond acceptors (Lipinski definition) is 6. The first-order chi connectivity index (χ1) is 15.2. The number of esters is 1. The number of carbonyl (C=O) groups excluding carboxylic acids is 2. The molecule has 166 valence electrons. The number of ether oxygens (including phenoxy) is 2. The number of sulfonamides is 1. The quantitative estimate of drug-likeness (QED) is 0.528. The minimum Gasteiger partial charge on any atom is -0.495 e. The van der Waals surface area contributed by atoms with Gasteiger partial charge >= 0.3 is 5.97 Å². The minimum atomic E-state index is -4.13. The predicted molar refractivity (Wildman–Crippen MR) is 120 cm³/mol. The molecular weight excluding hydrogens is 432 g/mol. The van der Waals surface area contributed by atoms with Gasteiger partial charge in [0.25, 0.3) is 5.91 Å². The van der Waals surface area contributed by atoms with Crippen LogP contribution >= 0.6 is 0 Å². The number of nitrogens with one attached hydrogen (secondary N) is 1. The van der Waals surface area contributed by atoms with Gasteiger partial charge in [-0.25, -0.2) is 18.4 Å². The molecule has 0 aliphatic heterocycles. The van der Waals surface area contributed by atoms with E-state index in [-0.39, 0.29) is 16.2 Å². The van der Waals surface area contributed by atoms with E-state index in [1.807, 2.05) is 42.5 Å². The maximum absolute atomic E-state index is 12.7. The lowest BCUT2D eigenvalue weighted by Crippen LogP contribution is -2.30. The second-order valence-corrected chi connectivity index (χ2v) is 8.39. The van der Waals surface area contributed by atoms with Crippen LogP contribution in [0, 0.1) is 0 Å². The highest BCUT2D eigenvalue weighted by Gasteiger charge is 2.23. The van der Waals surface area contributed by atoms with Crippen molar-refractivity contribution in [2.24, 2.45) is 5.14 Å². The van der Waals surface area contributed by atoms with Gasteiger partial charge in [-0.1, -0.05) is 48.5 Å². The number of benzene rings is 3. The van der Waals surface area contributed by atoms with Gasteiger partial charge in [0.1, 0.15) is 10.6 Å². The fourth-order valence-corrected chi connectivity index (χ4v) is 3.73. The lowest BCUT2D eigenvalue weighted by molar-refractivity contribution is -0.123. The lowest BCUT2D eigenvalue weighted by Gasteiger charge is -2.16. The van der Waals surface area contributed by atoms with E-state index in [0.29, 0.717) is 5.69 Å². The largest absolute Gasteiger partial charge is 0.495 e. The van der Waals surface area contributed by atoms with Crippen molar-refractivity contribution in [1.29, 1.82) is 0 Å². The molecule has 0 radical (unpaired) electrons. The summed E-state index contributed by atoms with van der Waals surface area (Å²) in [6.07, 6.45) is -1.15. The molecule has 0 bridgehead atoms. The van der Waals surface area contributed by atoms with Crippen LogP contribution in [0.2, 0.25) is 0 Å².